The number of hydrogen-bond donors (Lipinski definition) is 1. The van der Waals surface area contributed by atoms with Gasteiger partial charge in [0.1, 0.15) is 6.04 Å². The molecule has 0 aliphatic heterocycles. The Hall–Kier alpha value is -2.27. The normalized spacial score (nSPS) is 11.7. The first-order valence-electron chi connectivity index (χ1n) is 10.3. The second-order valence-electron chi connectivity index (χ2n) is 7.12. The Bertz CT molecular complexity index is 779. The zero-order valence-corrected chi connectivity index (χ0v) is 18.5. The fraction of sp³-hybridized carbons (Fsp3) is 0.417. The second-order valence-corrected chi connectivity index (χ2v) is 8.11. The average molecular weight is 413 g/mol. The minimum atomic E-state index is -0.425. The Morgan fingerprint density at radius 1 is 1.03 bits per heavy atom. The molecule has 156 valence electrons. The third kappa shape index (κ3) is 7.58. The fourth-order valence-electron chi connectivity index (χ4n) is 3.33. The van der Waals surface area contributed by atoms with Gasteiger partial charge in [-0.15, -0.1) is 11.8 Å². The van der Waals surface area contributed by atoms with Crippen molar-refractivity contribution in [2.75, 3.05) is 18.8 Å². The van der Waals surface area contributed by atoms with Crippen molar-refractivity contribution in [2.24, 2.45) is 0 Å². The first kappa shape index (κ1) is 23.0. The molecule has 0 saturated carbocycles. The molecular weight excluding hydrogens is 380 g/mol. The number of rotatable bonds is 11. The molecule has 2 aromatic carbocycles. The van der Waals surface area contributed by atoms with Crippen molar-refractivity contribution in [3.8, 4) is 0 Å². The quantitative estimate of drug-likeness (QED) is 0.601. The van der Waals surface area contributed by atoms with Crippen LogP contribution in [0.25, 0.3) is 0 Å². The molecule has 2 aromatic rings. The van der Waals surface area contributed by atoms with Crippen LogP contribution in [0.15, 0.2) is 54.6 Å². The van der Waals surface area contributed by atoms with Crippen LogP contribution >= 0.6 is 11.8 Å². The van der Waals surface area contributed by atoms with Gasteiger partial charge in [0.05, 0.1) is 5.75 Å². The maximum atomic E-state index is 13.1. The highest BCUT2D eigenvalue weighted by Gasteiger charge is 2.27. The molecule has 0 aliphatic carbocycles. The Labute approximate surface area is 179 Å². The lowest BCUT2D eigenvalue weighted by Crippen LogP contribution is -2.50. The molecule has 4 nitrogen and oxygen atoms in total. The summed E-state index contributed by atoms with van der Waals surface area (Å²) in [4.78, 5) is 27.4. The summed E-state index contributed by atoms with van der Waals surface area (Å²) in [6.07, 6.45) is 1.35. The van der Waals surface area contributed by atoms with Gasteiger partial charge in [0.25, 0.3) is 0 Å². The predicted molar refractivity (Wildman–Crippen MR) is 122 cm³/mol. The van der Waals surface area contributed by atoms with Gasteiger partial charge in [0, 0.05) is 18.8 Å². The van der Waals surface area contributed by atoms with Gasteiger partial charge in [-0.25, -0.2) is 0 Å². The number of aryl methyl sites for hydroxylation is 1. The van der Waals surface area contributed by atoms with Gasteiger partial charge in [0.2, 0.25) is 11.8 Å². The highest BCUT2D eigenvalue weighted by atomic mass is 32.2. The topological polar surface area (TPSA) is 49.4 Å². The van der Waals surface area contributed by atoms with Gasteiger partial charge >= 0.3 is 0 Å². The number of carbonyl (C=O) groups is 2. The zero-order chi connectivity index (χ0) is 21.1. The van der Waals surface area contributed by atoms with Gasteiger partial charge in [-0.3, -0.25) is 9.59 Å². The lowest BCUT2D eigenvalue weighted by Gasteiger charge is -2.30. The van der Waals surface area contributed by atoms with Crippen LogP contribution in [-0.4, -0.2) is 41.6 Å². The van der Waals surface area contributed by atoms with Gasteiger partial charge in [-0.05, 0) is 37.8 Å². The van der Waals surface area contributed by atoms with Crippen LogP contribution in [0.5, 0.6) is 0 Å². The van der Waals surface area contributed by atoms with Crippen LogP contribution in [0.4, 0.5) is 0 Å². The number of amides is 2. The van der Waals surface area contributed by atoms with E-state index < -0.39 is 6.04 Å². The van der Waals surface area contributed by atoms with E-state index in [0.717, 1.165) is 12.2 Å². The fourth-order valence-corrected chi connectivity index (χ4v) is 4.19. The van der Waals surface area contributed by atoms with Crippen molar-refractivity contribution in [2.45, 2.75) is 45.4 Å². The van der Waals surface area contributed by atoms with Crippen molar-refractivity contribution in [1.82, 2.24) is 10.2 Å². The van der Waals surface area contributed by atoms with E-state index >= 15 is 0 Å². The molecule has 0 heterocycles. The Balaban J connectivity index is 2.03. The van der Waals surface area contributed by atoms with E-state index in [4.69, 9.17) is 0 Å². The average Bonchev–Trinajstić information content (AvgIpc) is 2.72. The number of nitrogens with zero attached hydrogens (tertiary/aromatic N) is 1. The van der Waals surface area contributed by atoms with Crippen LogP contribution in [0.3, 0.4) is 0 Å². The molecular formula is C24H32N2O2S. The van der Waals surface area contributed by atoms with Gasteiger partial charge in [-0.2, -0.15) is 0 Å². The molecule has 1 N–H and O–H groups in total. The van der Waals surface area contributed by atoms with Gasteiger partial charge < -0.3 is 10.2 Å². The number of nitrogens with one attached hydrogen (secondary N) is 1. The van der Waals surface area contributed by atoms with E-state index in [2.05, 4.69) is 42.6 Å². The zero-order valence-electron chi connectivity index (χ0n) is 17.7. The molecule has 0 spiro atoms. The number of likely N-dealkylation sites (N-methyl/N-ethyl adjacent to an activating group) is 1. The first-order chi connectivity index (χ1) is 14.0. The Morgan fingerprint density at radius 3 is 2.41 bits per heavy atom. The third-order valence-corrected chi connectivity index (χ3v) is 5.79. The lowest BCUT2D eigenvalue weighted by atomic mass is 10.1. The summed E-state index contributed by atoms with van der Waals surface area (Å²) >= 11 is 1.60. The highest BCUT2D eigenvalue weighted by Crippen LogP contribution is 2.16. The van der Waals surface area contributed by atoms with Crippen molar-refractivity contribution >= 4 is 23.6 Å². The summed E-state index contributed by atoms with van der Waals surface area (Å²) in [5, 5.41) is 2.88. The predicted octanol–water partition coefficient (Wildman–Crippen LogP) is 4.21. The number of benzene rings is 2. The van der Waals surface area contributed by atoms with E-state index in [1.54, 1.807) is 16.7 Å². The highest BCUT2D eigenvalue weighted by molar-refractivity contribution is 7.99. The minimum Gasteiger partial charge on any atom is -0.355 e. The summed E-state index contributed by atoms with van der Waals surface area (Å²) in [6.45, 7) is 7.05. The summed E-state index contributed by atoms with van der Waals surface area (Å²) < 4.78 is 0. The number of carbonyl (C=O) groups excluding carboxylic acids is 2. The van der Waals surface area contributed by atoms with Crippen LogP contribution < -0.4 is 5.32 Å². The molecule has 0 aliphatic rings. The van der Waals surface area contributed by atoms with Gasteiger partial charge in [0.15, 0.2) is 0 Å². The monoisotopic (exact) mass is 412 g/mol. The van der Waals surface area contributed by atoms with E-state index in [1.165, 1.54) is 16.7 Å². The van der Waals surface area contributed by atoms with E-state index in [1.807, 2.05) is 38.1 Å². The molecule has 5 heteroatoms. The minimum absolute atomic E-state index is 0.0247. The molecule has 0 fully saturated rings. The lowest BCUT2D eigenvalue weighted by molar-refractivity contribution is -0.138. The summed E-state index contributed by atoms with van der Waals surface area (Å²) in [5.74, 6) is 1.12. The van der Waals surface area contributed by atoms with Crippen LogP contribution in [-0.2, 0) is 21.8 Å². The Kier molecular flexibility index (Phi) is 9.78. The molecule has 2 rings (SSSR count). The van der Waals surface area contributed by atoms with E-state index in [9.17, 15) is 9.59 Å². The number of thioether (sulfide) groups is 1. The molecule has 29 heavy (non-hydrogen) atoms. The molecule has 1 unspecified atom stereocenters. The van der Waals surface area contributed by atoms with Crippen molar-refractivity contribution in [3.63, 3.8) is 0 Å². The third-order valence-electron chi connectivity index (χ3n) is 4.80. The summed E-state index contributed by atoms with van der Waals surface area (Å²) in [6, 6.07) is 18.0. The van der Waals surface area contributed by atoms with Crippen LogP contribution in [0, 0.1) is 6.92 Å². The van der Waals surface area contributed by atoms with E-state index in [-0.39, 0.29) is 11.8 Å². The summed E-state index contributed by atoms with van der Waals surface area (Å²) in [7, 11) is 0. The van der Waals surface area contributed by atoms with E-state index in [0.29, 0.717) is 25.3 Å². The molecule has 0 radical (unpaired) electrons. The largest absolute Gasteiger partial charge is 0.355 e. The maximum Gasteiger partial charge on any atom is 0.242 e. The molecule has 1 atom stereocenters. The Morgan fingerprint density at radius 2 is 1.76 bits per heavy atom. The van der Waals surface area contributed by atoms with Crippen LogP contribution in [0.2, 0.25) is 0 Å². The van der Waals surface area contributed by atoms with Crippen molar-refractivity contribution in [3.05, 3.63) is 71.3 Å². The van der Waals surface area contributed by atoms with Crippen LogP contribution in [0.1, 0.15) is 37.0 Å². The van der Waals surface area contributed by atoms with Gasteiger partial charge in [-0.1, -0.05) is 67.1 Å². The van der Waals surface area contributed by atoms with Crippen molar-refractivity contribution < 1.29 is 9.59 Å². The smallest absolute Gasteiger partial charge is 0.242 e. The molecule has 2 amide bonds. The maximum absolute atomic E-state index is 13.1. The van der Waals surface area contributed by atoms with Crippen molar-refractivity contribution in [1.29, 1.82) is 0 Å². The SMILES string of the molecule is CCNC(=O)C(CC)N(CCc1ccccc1)C(=O)CSCc1cccc(C)c1. The first-order valence-corrected chi connectivity index (χ1v) is 11.4. The summed E-state index contributed by atoms with van der Waals surface area (Å²) in [5.41, 5.74) is 3.61. The molecule has 0 aromatic heterocycles. The standard InChI is InChI=1S/C24H32N2O2S/c1-4-22(24(28)25-5-2)26(15-14-20-11-7-6-8-12-20)23(27)18-29-17-21-13-9-10-19(3)16-21/h6-13,16,22H,4-5,14-15,17-18H2,1-3H3,(H,25,28). The molecule has 0 bridgehead atoms. The second kappa shape index (κ2) is 12.3. The number of hydrogen-bond acceptors (Lipinski definition) is 3. The molecule has 0 saturated heterocycles.